The fourth-order valence-corrected chi connectivity index (χ4v) is 4.76. The predicted octanol–water partition coefficient (Wildman–Crippen LogP) is 3.94. The maximum Gasteiger partial charge on any atom is 0.139 e. The minimum Gasteiger partial charge on any atom is -0.396 e. The SMILES string of the molecule is CCCC1(C(O)CC=C[C@H]2[C@H](O)CC(=O)[C@@H]2CC=CCCCCO)CCC1. The number of hydrogen-bond donors (Lipinski definition) is 3. The van der Waals surface area contributed by atoms with Gasteiger partial charge in [-0.15, -0.1) is 0 Å². The maximum absolute atomic E-state index is 12.2. The molecule has 3 N–H and O–H groups in total. The number of aliphatic hydroxyl groups is 3. The third kappa shape index (κ3) is 6.00. The summed E-state index contributed by atoms with van der Waals surface area (Å²) in [5.74, 6) is -0.162. The lowest BCUT2D eigenvalue weighted by Crippen LogP contribution is -2.41. The topological polar surface area (TPSA) is 77.8 Å². The van der Waals surface area contributed by atoms with Gasteiger partial charge in [0.1, 0.15) is 5.78 Å². The highest BCUT2D eigenvalue weighted by Gasteiger charge is 2.42. The molecule has 0 aromatic heterocycles. The summed E-state index contributed by atoms with van der Waals surface area (Å²) < 4.78 is 0. The van der Waals surface area contributed by atoms with Crippen molar-refractivity contribution >= 4 is 5.78 Å². The lowest BCUT2D eigenvalue weighted by atomic mass is 9.62. The Balaban J connectivity index is 1.86. The standard InChI is InChI=1S/C23H38O4/c1-2-13-23(14-9-15-23)22(27)12-8-11-19-18(20(25)17-21(19)26)10-6-4-3-5-7-16-24/h4,6,8,11,18-19,21-22,24,26-27H,2-3,5,7,9-10,12-17H2,1H3/t18-,19-,21-,22?/m1/s1. The van der Waals surface area contributed by atoms with Gasteiger partial charge in [-0.05, 0) is 56.8 Å². The van der Waals surface area contributed by atoms with Crippen molar-refractivity contribution in [2.45, 2.75) is 89.8 Å². The van der Waals surface area contributed by atoms with Crippen LogP contribution in [-0.2, 0) is 4.79 Å². The number of unbranched alkanes of at least 4 members (excludes halogenated alkanes) is 2. The van der Waals surface area contributed by atoms with Crippen molar-refractivity contribution < 1.29 is 20.1 Å². The first-order valence-corrected chi connectivity index (χ1v) is 10.9. The first kappa shape index (κ1) is 22.3. The van der Waals surface area contributed by atoms with Crippen LogP contribution < -0.4 is 0 Å². The molecule has 2 aliphatic rings. The number of carbonyl (C=O) groups is 1. The summed E-state index contributed by atoms with van der Waals surface area (Å²) in [6, 6.07) is 0. The minimum absolute atomic E-state index is 0.0971. The van der Waals surface area contributed by atoms with E-state index in [4.69, 9.17) is 5.11 Å². The molecule has 2 fully saturated rings. The number of aliphatic hydroxyl groups excluding tert-OH is 3. The molecule has 4 heteroatoms. The number of hydrogen-bond acceptors (Lipinski definition) is 4. The Labute approximate surface area is 164 Å². The molecular weight excluding hydrogens is 340 g/mol. The van der Waals surface area contributed by atoms with E-state index in [2.05, 4.69) is 13.0 Å². The molecule has 27 heavy (non-hydrogen) atoms. The molecule has 0 spiro atoms. The van der Waals surface area contributed by atoms with Gasteiger partial charge in [0, 0.05) is 24.9 Å². The molecule has 1 unspecified atom stereocenters. The molecule has 154 valence electrons. The van der Waals surface area contributed by atoms with Crippen molar-refractivity contribution in [2.75, 3.05) is 6.61 Å². The van der Waals surface area contributed by atoms with E-state index in [1.54, 1.807) is 0 Å². The van der Waals surface area contributed by atoms with E-state index in [1.807, 2.05) is 18.2 Å². The molecule has 4 nitrogen and oxygen atoms in total. The van der Waals surface area contributed by atoms with E-state index in [1.165, 1.54) is 6.42 Å². The Morgan fingerprint density at radius 3 is 2.63 bits per heavy atom. The highest BCUT2D eigenvalue weighted by molar-refractivity contribution is 5.84. The Morgan fingerprint density at radius 2 is 2.00 bits per heavy atom. The van der Waals surface area contributed by atoms with E-state index >= 15 is 0 Å². The summed E-state index contributed by atoms with van der Waals surface area (Å²) in [5, 5.41) is 29.7. The molecular formula is C23H38O4. The number of allylic oxidation sites excluding steroid dienone is 2. The largest absolute Gasteiger partial charge is 0.396 e. The number of rotatable bonds is 12. The normalized spacial score (nSPS) is 28.9. The van der Waals surface area contributed by atoms with Gasteiger partial charge in [-0.3, -0.25) is 4.79 Å². The van der Waals surface area contributed by atoms with Gasteiger partial charge in [-0.2, -0.15) is 0 Å². The Bertz CT molecular complexity index is 507. The molecule has 4 atom stereocenters. The molecule has 0 bridgehead atoms. The van der Waals surface area contributed by atoms with Gasteiger partial charge >= 0.3 is 0 Å². The van der Waals surface area contributed by atoms with Crippen LogP contribution in [0.15, 0.2) is 24.3 Å². The summed E-state index contributed by atoms with van der Waals surface area (Å²) in [6.07, 6.45) is 17.0. The second kappa shape index (κ2) is 11.1. The van der Waals surface area contributed by atoms with Crippen LogP contribution in [-0.4, -0.2) is 39.9 Å². The van der Waals surface area contributed by atoms with Crippen LogP contribution in [0.5, 0.6) is 0 Å². The molecule has 2 saturated carbocycles. The smallest absolute Gasteiger partial charge is 0.139 e. The average molecular weight is 379 g/mol. The first-order valence-electron chi connectivity index (χ1n) is 10.9. The minimum atomic E-state index is -0.605. The maximum atomic E-state index is 12.2. The van der Waals surface area contributed by atoms with Crippen molar-refractivity contribution in [3.05, 3.63) is 24.3 Å². The van der Waals surface area contributed by atoms with Crippen LogP contribution in [0, 0.1) is 17.3 Å². The summed E-state index contributed by atoms with van der Waals surface area (Å²) in [4.78, 5) is 12.2. The highest BCUT2D eigenvalue weighted by Crippen LogP contribution is 2.48. The van der Waals surface area contributed by atoms with Crippen LogP contribution in [0.2, 0.25) is 0 Å². The van der Waals surface area contributed by atoms with Gasteiger partial charge in [0.2, 0.25) is 0 Å². The van der Waals surface area contributed by atoms with Crippen LogP contribution in [0.3, 0.4) is 0 Å². The second-order valence-corrected chi connectivity index (χ2v) is 8.49. The monoisotopic (exact) mass is 378 g/mol. The van der Waals surface area contributed by atoms with Gasteiger partial charge in [-0.1, -0.05) is 44.1 Å². The van der Waals surface area contributed by atoms with E-state index in [0.717, 1.165) is 44.9 Å². The van der Waals surface area contributed by atoms with Gasteiger partial charge < -0.3 is 15.3 Å². The van der Waals surface area contributed by atoms with Gasteiger partial charge in [0.25, 0.3) is 0 Å². The van der Waals surface area contributed by atoms with Crippen molar-refractivity contribution in [3.8, 4) is 0 Å². The lowest BCUT2D eigenvalue weighted by Gasteiger charge is -2.45. The quantitative estimate of drug-likeness (QED) is 0.355. The van der Waals surface area contributed by atoms with Crippen molar-refractivity contribution in [3.63, 3.8) is 0 Å². The fourth-order valence-electron chi connectivity index (χ4n) is 4.76. The molecule has 0 radical (unpaired) electrons. The van der Waals surface area contributed by atoms with Crippen LogP contribution >= 0.6 is 0 Å². The Morgan fingerprint density at radius 1 is 1.22 bits per heavy atom. The zero-order chi connectivity index (χ0) is 19.7. The van der Waals surface area contributed by atoms with Gasteiger partial charge in [0.05, 0.1) is 12.2 Å². The van der Waals surface area contributed by atoms with E-state index < -0.39 is 6.10 Å². The van der Waals surface area contributed by atoms with Crippen LogP contribution in [0.4, 0.5) is 0 Å². The van der Waals surface area contributed by atoms with Gasteiger partial charge in [-0.25, -0.2) is 0 Å². The fraction of sp³-hybridized carbons (Fsp3) is 0.783. The van der Waals surface area contributed by atoms with E-state index in [0.29, 0.717) is 12.8 Å². The number of ketones is 1. The van der Waals surface area contributed by atoms with Gasteiger partial charge in [0.15, 0.2) is 0 Å². The van der Waals surface area contributed by atoms with Crippen molar-refractivity contribution in [2.24, 2.45) is 17.3 Å². The predicted molar refractivity (Wildman–Crippen MR) is 108 cm³/mol. The second-order valence-electron chi connectivity index (χ2n) is 8.49. The number of carbonyl (C=O) groups excluding carboxylic acids is 1. The summed E-state index contributed by atoms with van der Waals surface area (Å²) in [7, 11) is 0. The molecule has 0 aliphatic heterocycles. The zero-order valence-corrected chi connectivity index (χ0v) is 16.9. The third-order valence-corrected chi connectivity index (χ3v) is 6.59. The van der Waals surface area contributed by atoms with Crippen molar-refractivity contribution in [1.29, 1.82) is 0 Å². The number of Topliss-reactive ketones (excluding diaryl/α,β-unsaturated/α-hetero) is 1. The molecule has 0 amide bonds. The molecule has 0 aromatic rings. The summed E-state index contributed by atoms with van der Waals surface area (Å²) in [5.41, 5.74) is 0.0971. The van der Waals surface area contributed by atoms with Crippen LogP contribution in [0.1, 0.15) is 77.6 Å². The average Bonchev–Trinajstić information content (AvgIpc) is 2.87. The first-order chi connectivity index (χ1) is 13.0. The molecule has 0 aromatic carbocycles. The lowest BCUT2D eigenvalue weighted by molar-refractivity contribution is -0.121. The molecule has 2 rings (SSSR count). The molecule has 0 heterocycles. The zero-order valence-electron chi connectivity index (χ0n) is 16.9. The highest BCUT2D eigenvalue weighted by atomic mass is 16.3. The Hall–Kier alpha value is -0.970. The van der Waals surface area contributed by atoms with Crippen molar-refractivity contribution in [1.82, 2.24) is 0 Å². The summed E-state index contributed by atoms with van der Waals surface area (Å²) in [6.45, 7) is 2.39. The van der Waals surface area contributed by atoms with E-state index in [-0.39, 0.29) is 42.2 Å². The summed E-state index contributed by atoms with van der Waals surface area (Å²) >= 11 is 0. The molecule has 0 saturated heterocycles. The third-order valence-electron chi connectivity index (χ3n) is 6.59. The Kier molecular flexibility index (Phi) is 9.20. The van der Waals surface area contributed by atoms with Crippen LogP contribution in [0.25, 0.3) is 0 Å². The molecule has 2 aliphatic carbocycles. The van der Waals surface area contributed by atoms with E-state index in [9.17, 15) is 15.0 Å².